The third-order valence-electron chi connectivity index (χ3n) is 5.21. The Bertz CT molecular complexity index is 904. The molecule has 1 fully saturated rings. The monoisotopic (exact) mass is 424 g/mol. The Hall–Kier alpha value is -2.97. The van der Waals surface area contributed by atoms with Crippen molar-refractivity contribution >= 4 is 23.5 Å². The second-order valence-corrected chi connectivity index (χ2v) is 7.53. The molecule has 1 aliphatic heterocycles. The number of anilines is 1. The molecule has 0 N–H and O–H groups in total. The standard InChI is InChI=1S/C22H24N4O3S/c1-28-19(27)16-29-22-21(23-30-24-22)26-14-12-25(13-15-26)20(17-8-4-2-5-9-17)18-10-6-3-7-11-18/h2-11,20H,12-16H2,1H3. The maximum Gasteiger partial charge on any atom is 0.343 e. The maximum atomic E-state index is 11.4. The Labute approximate surface area is 180 Å². The first-order valence-corrected chi connectivity index (χ1v) is 10.6. The van der Waals surface area contributed by atoms with Crippen LogP contribution in [0.25, 0.3) is 0 Å². The minimum atomic E-state index is -0.438. The molecule has 0 saturated carbocycles. The lowest BCUT2D eigenvalue weighted by molar-refractivity contribution is -0.142. The van der Waals surface area contributed by atoms with Crippen molar-refractivity contribution in [2.24, 2.45) is 0 Å². The first kappa shape index (κ1) is 20.3. The molecule has 0 amide bonds. The molecule has 0 atom stereocenters. The van der Waals surface area contributed by atoms with Crippen molar-refractivity contribution in [1.82, 2.24) is 13.6 Å². The second kappa shape index (κ2) is 9.69. The summed E-state index contributed by atoms with van der Waals surface area (Å²) in [5.41, 5.74) is 2.57. The number of ether oxygens (including phenoxy) is 2. The average Bonchev–Trinajstić information content (AvgIpc) is 3.28. The molecule has 156 valence electrons. The highest BCUT2D eigenvalue weighted by molar-refractivity contribution is 6.99. The molecule has 30 heavy (non-hydrogen) atoms. The van der Waals surface area contributed by atoms with Gasteiger partial charge in [-0.2, -0.15) is 4.37 Å². The summed E-state index contributed by atoms with van der Waals surface area (Å²) in [7, 11) is 1.33. The van der Waals surface area contributed by atoms with E-state index in [1.165, 1.54) is 18.2 Å². The van der Waals surface area contributed by atoms with Crippen LogP contribution in [0.1, 0.15) is 17.2 Å². The van der Waals surface area contributed by atoms with Crippen LogP contribution in [-0.2, 0) is 9.53 Å². The molecule has 8 heteroatoms. The molecule has 1 saturated heterocycles. The molecular formula is C22H24N4O3S. The molecule has 0 radical (unpaired) electrons. The summed E-state index contributed by atoms with van der Waals surface area (Å²) < 4.78 is 18.7. The highest BCUT2D eigenvalue weighted by atomic mass is 32.1. The second-order valence-electron chi connectivity index (χ2n) is 7.00. The number of hydrogen-bond donors (Lipinski definition) is 0. The zero-order chi connectivity index (χ0) is 20.8. The first-order chi connectivity index (χ1) is 14.8. The molecule has 2 heterocycles. The van der Waals surface area contributed by atoms with Crippen LogP contribution in [0.15, 0.2) is 60.7 Å². The number of carbonyl (C=O) groups excluding carboxylic acids is 1. The zero-order valence-electron chi connectivity index (χ0n) is 16.8. The topological polar surface area (TPSA) is 67.8 Å². The lowest BCUT2D eigenvalue weighted by atomic mass is 9.96. The number of esters is 1. The smallest absolute Gasteiger partial charge is 0.343 e. The van der Waals surface area contributed by atoms with Crippen LogP contribution in [0, 0.1) is 0 Å². The van der Waals surface area contributed by atoms with Gasteiger partial charge in [-0.1, -0.05) is 60.7 Å². The molecule has 4 rings (SSSR count). The summed E-state index contributed by atoms with van der Waals surface area (Å²) in [5, 5.41) is 0. The number of nitrogens with zero attached hydrogens (tertiary/aromatic N) is 4. The van der Waals surface area contributed by atoms with Gasteiger partial charge in [0.1, 0.15) is 0 Å². The van der Waals surface area contributed by atoms with Crippen LogP contribution in [-0.4, -0.2) is 59.5 Å². The molecule has 0 aliphatic carbocycles. The van der Waals surface area contributed by atoms with Gasteiger partial charge in [0.15, 0.2) is 6.61 Å². The van der Waals surface area contributed by atoms with Gasteiger partial charge >= 0.3 is 5.97 Å². The van der Waals surface area contributed by atoms with Gasteiger partial charge in [0, 0.05) is 26.2 Å². The van der Waals surface area contributed by atoms with Gasteiger partial charge in [0.05, 0.1) is 24.9 Å². The third-order valence-corrected chi connectivity index (χ3v) is 5.71. The van der Waals surface area contributed by atoms with Crippen LogP contribution in [0.5, 0.6) is 5.88 Å². The van der Waals surface area contributed by atoms with Gasteiger partial charge in [-0.05, 0) is 11.1 Å². The molecule has 0 spiro atoms. The van der Waals surface area contributed by atoms with Crippen molar-refractivity contribution in [2.75, 3.05) is 44.8 Å². The summed E-state index contributed by atoms with van der Waals surface area (Å²) in [6.45, 7) is 3.19. The van der Waals surface area contributed by atoms with Crippen LogP contribution in [0.2, 0.25) is 0 Å². The maximum absolute atomic E-state index is 11.4. The minimum Gasteiger partial charge on any atom is -0.466 e. The Morgan fingerprint density at radius 2 is 1.57 bits per heavy atom. The highest BCUT2D eigenvalue weighted by Crippen LogP contribution is 2.32. The van der Waals surface area contributed by atoms with E-state index < -0.39 is 5.97 Å². The van der Waals surface area contributed by atoms with E-state index in [4.69, 9.17) is 4.74 Å². The SMILES string of the molecule is COC(=O)COc1nsnc1N1CCN(C(c2ccccc2)c2ccccc2)CC1. The minimum absolute atomic E-state index is 0.168. The summed E-state index contributed by atoms with van der Waals surface area (Å²) in [5.74, 6) is 0.647. The van der Waals surface area contributed by atoms with Crippen LogP contribution >= 0.6 is 11.7 Å². The number of methoxy groups -OCH3 is 1. The lowest BCUT2D eigenvalue weighted by Crippen LogP contribution is -2.48. The summed E-state index contributed by atoms with van der Waals surface area (Å²) >= 11 is 1.09. The van der Waals surface area contributed by atoms with Gasteiger partial charge in [0.2, 0.25) is 5.82 Å². The summed E-state index contributed by atoms with van der Waals surface area (Å²) in [4.78, 5) is 16.0. The Morgan fingerprint density at radius 1 is 0.967 bits per heavy atom. The van der Waals surface area contributed by atoms with Gasteiger partial charge in [0.25, 0.3) is 5.88 Å². The molecular weight excluding hydrogens is 400 g/mol. The number of piperazine rings is 1. The average molecular weight is 425 g/mol. The van der Waals surface area contributed by atoms with Crippen molar-refractivity contribution in [2.45, 2.75) is 6.04 Å². The van der Waals surface area contributed by atoms with Gasteiger partial charge in [-0.25, -0.2) is 4.79 Å². The highest BCUT2D eigenvalue weighted by Gasteiger charge is 2.28. The third kappa shape index (κ3) is 4.60. The largest absolute Gasteiger partial charge is 0.466 e. The summed E-state index contributed by atoms with van der Waals surface area (Å²) in [6.07, 6.45) is 0. The van der Waals surface area contributed by atoms with Crippen molar-refractivity contribution in [3.05, 3.63) is 71.8 Å². The number of aromatic nitrogens is 2. The van der Waals surface area contributed by atoms with Gasteiger partial charge < -0.3 is 14.4 Å². The van der Waals surface area contributed by atoms with Crippen LogP contribution in [0.3, 0.4) is 0 Å². The van der Waals surface area contributed by atoms with E-state index in [-0.39, 0.29) is 12.6 Å². The quantitative estimate of drug-likeness (QED) is 0.540. The molecule has 0 unspecified atom stereocenters. The zero-order valence-corrected chi connectivity index (χ0v) is 17.6. The molecule has 2 aromatic carbocycles. The number of carbonyl (C=O) groups is 1. The lowest BCUT2D eigenvalue weighted by Gasteiger charge is -2.39. The first-order valence-electron chi connectivity index (χ1n) is 9.87. The fourth-order valence-electron chi connectivity index (χ4n) is 3.72. The van der Waals surface area contributed by atoms with Crippen molar-refractivity contribution in [1.29, 1.82) is 0 Å². The fraction of sp³-hybridized carbons (Fsp3) is 0.318. The van der Waals surface area contributed by atoms with E-state index in [9.17, 15) is 4.79 Å². The fourth-order valence-corrected chi connectivity index (χ4v) is 4.24. The number of hydrogen-bond acceptors (Lipinski definition) is 8. The number of benzene rings is 2. The number of rotatable bonds is 7. The van der Waals surface area contributed by atoms with Gasteiger partial charge in [-0.3, -0.25) is 4.90 Å². The van der Waals surface area contributed by atoms with E-state index in [2.05, 4.69) is 83.9 Å². The van der Waals surface area contributed by atoms with E-state index in [0.29, 0.717) is 11.7 Å². The normalized spacial score (nSPS) is 14.7. The van der Waals surface area contributed by atoms with Crippen LogP contribution < -0.4 is 9.64 Å². The van der Waals surface area contributed by atoms with E-state index in [1.54, 1.807) is 0 Å². The van der Waals surface area contributed by atoms with E-state index in [0.717, 1.165) is 37.9 Å². The molecule has 7 nitrogen and oxygen atoms in total. The summed E-state index contributed by atoms with van der Waals surface area (Å²) in [6, 6.07) is 21.4. The van der Waals surface area contributed by atoms with Crippen molar-refractivity contribution in [3.8, 4) is 5.88 Å². The van der Waals surface area contributed by atoms with Crippen LogP contribution in [0.4, 0.5) is 5.82 Å². The molecule has 1 aromatic heterocycles. The Balaban J connectivity index is 1.47. The van der Waals surface area contributed by atoms with Crippen molar-refractivity contribution in [3.63, 3.8) is 0 Å². The van der Waals surface area contributed by atoms with E-state index in [1.807, 2.05) is 0 Å². The molecule has 0 bridgehead atoms. The predicted molar refractivity (Wildman–Crippen MR) is 116 cm³/mol. The predicted octanol–water partition coefficient (Wildman–Crippen LogP) is 3.00. The van der Waals surface area contributed by atoms with E-state index >= 15 is 0 Å². The van der Waals surface area contributed by atoms with Crippen molar-refractivity contribution < 1.29 is 14.3 Å². The Morgan fingerprint density at radius 3 is 2.13 bits per heavy atom. The molecule has 1 aliphatic rings. The Kier molecular flexibility index (Phi) is 6.56. The molecule has 3 aromatic rings. The van der Waals surface area contributed by atoms with Gasteiger partial charge in [-0.15, -0.1) is 4.37 Å².